The molecule has 1 aliphatic rings. The second kappa shape index (κ2) is 13.6. The van der Waals surface area contributed by atoms with Gasteiger partial charge in [-0.1, -0.05) is 55.2 Å². The van der Waals surface area contributed by atoms with E-state index in [1.165, 1.54) is 6.21 Å². The molecule has 0 radical (unpaired) electrons. The Morgan fingerprint density at radius 3 is 2.61 bits per heavy atom. The molecule has 1 aliphatic heterocycles. The van der Waals surface area contributed by atoms with E-state index < -0.39 is 11.0 Å². The summed E-state index contributed by atoms with van der Waals surface area (Å²) in [5.74, 6) is 0. The zero-order valence-corrected chi connectivity index (χ0v) is 19.4. The van der Waals surface area contributed by atoms with Crippen LogP contribution < -0.4 is 9.62 Å². The predicted molar refractivity (Wildman–Crippen MR) is 136 cm³/mol. The predicted octanol–water partition coefficient (Wildman–Crippen LogP) is 5.05. The lowest BCUT2D eigenvalue weighted by Gasteiger charge is -2.37. The number of benzene rings is 1. The molecule has 1 saturated heterocycles. The number of hydrogen-bond acceptors (Lipinski definition) is 4. The Labute approximate surface area is 189 Å². The third-order valence-electron chi connectivity index (χ3n) is 5.08. The molecule has 1 fully saturated rings. The van der Waals surface area contributed by atoms with Gasteiger partial charge in [-0.05, 0) is 38.5 Å². The molecular formula is C25H34N4OS. The summed E-state index contributed by atoms with van der Waals surface area (Å²) in [6, 6.07) is 5.89. The molecule has 31 heavy (non-hydrogen) atoms. The molecule has 0 aliphatic carbocycles. The van der Waals surface area contributed by atoms with Crippen molar-refractivity contribution in [3.8, 4) is 0 Å². The summed E-state index contributed by atoms with van der Waals surface area (Å²) >= 11 is 0. The summed E-state index contributed by atoms with van der Waals surface area (Å²) in [7, 11) is -1.37. The van der Waals surface area contributed by atoms with Crippen molar-refractivity contribution in [1.29, 1.82) is 5.41 Å². The van der Waals surface area contributed by atoms with Crippen molar-refractivity contribution in [3.05, 3.63) is 83.9 Å². The highest BCUT2D eigenvalue weighted by atomic mass is 32.2. The van der Waals surface area contributed by atoms with E-state index in [2.05, 4.69) is 33.3 Å². The second-order valence-electron chi connectivity index (χ2n) is 7.11. The van der Waals surface area contributed by atoms with Crippen LogP contribution in [-0.4, -0.2) is 48.0 Å². The lowest BCUT2D eigenvalue weighted by atomic mass is 10.1. The summed E-state index contributed by atoms with van der Waals surface area (Å²) < 4.78 is 15.8. The molecule has 1 aromatic carbocycles. The van der Waals surface area contributed by atoms with E-state index in [-0.39, 0.29) is 0 Å². The molecule has 5 nitrogen and oxygen atoms in total. The first-order chi connectivity index (χ1) is 15.1. The van der Waals surface area contributed by atoms with Gasteiger partial charge in [-0.25, -0.2) is 4.21 Å². The highest BCUT2D eigenvalue weighted by molar-refractivity contribution is 7.90. The van der Waals surface area contributed by atoms with Crippen LogP contribution in [0.5, 0.6) is 0 Å². The molecule has 0 amide bonds. The topological polar surface area (TPSA) is 59.4 Å². The minimum absolute atomic E-state index is 0.714. The zero-order valence-electron chi connectivity index (χ0n) is 18.6. The minimum atomic E-state index is -1.37. The Balaban J connectivity index is 2.01. The van der Waals surface area contributed by atoms with Crippen LogP contribution in [0.15, 0.2) is 78.3 Å². The van der Waals surface area contributed by atoms with E-state index in [9.17, 15) is 4.21 Å². The lowest BCUT2D eigenvalue weighted by Crippen LogP contribution is -2.46. The molecule has 2 rings (SSSR count). The number of hydrogen-bond donors (Lipinski definition) is 2. The van der Waals surface area contributed by atoms with E-state index in [1.807, 2.05) is 62.4 Å². The maximum Gasteiger partial charge on any atom is 0.149 e. The fourth-order valence-corrected chi connectivity index (χ4v) is 4.41. The summed E-state index contributed by atoms with van der Waals surface area (Å²) in [6.07, 6.45) is 17.9. The average molecular weight is 439 g/mol. The third kappa shape index (κ3) is 7.49. The molecule has 1 unspecified atom stereocenters. The normalized spacial score (nSPS) is 17.0. The van der Waals surface area contributed by atoms with E-state index in [4.69, 9.17) is 5.41 Å². The van der Waals surface area contributed by atoms with E-state index in [0.717, 1.165) is 56.1 Å². The van der Waals surface area contributed by atoms with Crippen LogP contribution >= 0.6 is 0 Å². The Kier molecular flexibility index (Phi) is 10.8. The first-order valence-electron chi connectivity index (χ1n) is 10.7. The van der Waals surface area contributed by atoms with Gasteiger partial charge in [0, 0.05) is 50.2 Å². The van der Waals surface area contributed by atoms with Crippen LogP contribution in [0, 0.1) is 5.41 Å². The Hall–Kier alpha value is -2.70. The minimum Gasteiger partial charge on any atom is -0.368 e. The van der Waals surface area contributed by atoms with E-state index in [1.54, 1.807) is 6.08 Å². The first kappa shape index (κ1) is 24.6. The summed E-state index contributed by atoms with van der Waals surface area (Å²) in [6.45, 7) is 12.3. The van der Waals surface area contributed by atoms with Crippen molar-refractivity contribution in [2.75, 3.05) is 42.3 Å². The van der Waals surface area contributed by atoms with Crippen LogP contribution in [0.2, 0.25) is 0 Å². The SMILES string of the molecule is C=C/C=C\C=C/CCN1CCN(c2cccc(NS(=O)C(/C=C\C)=C/C)c2C=N)CC1. The number of piperazine rings is 1. The van der Waals surface area contributed by atoms with Crippen molar-refractivity contribution >= 4 is 28.6 Å². The fraction of sp³-hybridized carbons (Fsp3) is 0.320. The van der Waals surface area contributed by atoms with Crippen molar-refractivity contribution in [3.63, 3.8) is 0 Å². The molecule has 1 heterocycles. The molecule has 2 N–H and O–H groups in total. The lowest BCUT2D eigenvalue weighted by molar-refractivity contribution is 0.262. The molecule has 1 atom stereocenters. The maximum atomic E-state index is 12.7. The van der Waals surface area contributed by atoms with Gasteiger partial charge in [-0.15, -0.1) is 0 Å². The average Bonchev–Trinajstić information content (AvgIpc) is 2.80. The number of nitrogens with one attached hydrogen (secondary N) is 2. The van der Waals surface area contributed by atoms with Crippen molar-refractivity contribution < 1.29 is 4.21 Å². The summed E-state index contributed by atoms with van der Waals surface area (Å²) in [5.41, 5.74) is 2.51. The smallest absolute Gasteiger partial charge is 0.149 e. The van der Waals surface area contributed by atoms with Gasteiger partial charge < -0.3 is 15.0 Å². The highest BCUT2D eigenvalue weighted by Gasteiger charge is 2.20. The molecule has 0 spiro atoms. The molecule has 0 saturated carbocycles. The second-order valence-corrected chi connectivity index (χ2v) is 8.32. The van der Waals surface area contributed by atoms with Crippen molar-refractivity contribution in [2.45, 2.75) is 20.3 Å². The molecule has 0 bridgehead atoms. The Morgan fingerprint density at radius 1 is 1.19 bits per heavy atom. The standard InChI is InChI=1S/C25H34N4OS/c1-4-7-8-9-10-11-16-28-17-19-29(20-18-28)25-15-12-14-24(23(25)21-26)27-31(30)22(6-3)13-5-2/h4-10,12-15,21,26-27H,1,11,16-20H2,2-3H3/b8-7-,10-9-,13-5-,22-6+,26-21?. The number of anilines is 2. The maximum absolute atomic E-state index is 12.7. The quantitative estimate of drug-likeness (QED) is 0.375. The van der Waals surface area contributed by atoms with Crippen molar-refractivity contribution in [1.82, 2.24) is 4.90 Å². The van der Waals surface area contributed by atoms with Crippen LogP contribution in [0.1, 0.15) is 25.8 Å². The van der Waals surface area contributed by atoms with Crippen LogP contribution in [0.25, 0.3) is 0 Å². The van der Waals surface area contributed by atoms with Gasteiger partial charge in [0.05, 0.1) is 10.6 Å². The van der Waals surface area contributed by atoms with Gasteiger partial charge in [0.2, 0.25) is 0 Å². The Bertz CT molecular complexity index is 878. The summed E-state index contributed by atoms with van der Waals surface area (Å²) in [4.78, 5) is 5.50. The van der Waals surface area contributed by atoms with Gasteiger partial charge >= 0.3 is 0 Å². The summed E-state index contributed by atoms with van der Waals surface area (Å²) in [5, 5.41) is 7.97. The van der Waals surface area contributed by atoms with Crippen LogP contribution in [0.3, 0.4) is 0 Å². The highest BCUT2D eigenvalue weighted by Crippen LogP contribution is 2.28. The monoisotopic (exact) mass is 438 g/mol. The Morgan fingerprint density at radius 2 is 1.97 bits per heavy atom. The van der Waals surface area contributed by atoms with E-state index in [0.29, 0.717) is 4.91 Å². The fourth-order valence-electron chi connectivity index (χ4n) is 3.44. The number of rotatable bonds is 11. The molecule has 6 heteroatoms. The molecule has 0 aromatic heterocycles. The van der Waals surface area contributed by atoms with Crippen LogP contribution in [-0.2, 0) is 11.0 Å². The zero-order chi connectivity index (χ0) is 22.5. The van der Waals surface area contributed by atoms with Gasteiger partial charge in [0.15, 0.2) is 0 Å². The molecular weight excluding hydrogens is 404 g/mol. The van der Waals surface area contributed by atoms with Gasteiger partial charge in [-0.3, -0.25) is 4.90 Å². The van der Waals surface area contributed by atoms with E-state index >= 15 is 0 Å². The number of nitrogens with zero attached hydrogens (tertiary/aromatic N) is 2. The van der Waals surface area contributed by atoms with Gasteiger partial charge in [-0.2, -0.15) is 0 Å². The molecule has 1 aromatic rings. The van der Waals surface area contributed by atoms with Gasteiger partial charge in [0.1, 0.15) is 11.0 Å². The molecule has 166 valence electrons. The van der Waals surface area contributed by atoms with Crippen LogP contribution in [0.4, 0.5) is 11.4 Å². The van der Waals surface area contributed by atoms with Crippen molar-refractivity contribution in [2.24, 2.45) is 0 Å². The largest absolute Gasteiger partial charge is 0.368 e. The third-order valence-corrected chi connectivity index (χ3v) is 6.28. The first-order valence-corrected chi connectivity index (χ1v) is 11.8. The number of allylic oxidation sites excluding steroid dienone is 7. The van der Waals surface area contributed by atoms with Gasteiger partial charge in [0.25, 0.3) is 0 Å².